The minimum Gasteiger partial charge on any atom is -0.465 e. The molecule has 0 radical (unpaired) electrons. The van der Waals surface area contributed by atoms with Crippen LogP contribution in [0.1, 0.15) is 51.1 Å². The van der Waals surface area contributed by atoms with Crippen molar-refractivity contribution in [3.05, 3.63) is 58.7 Å². The third-order valence-corrected chi connectivity index (χ3v) is 5.66. The molecule has 3 rings (SSSR count). The maximum absolute atomic E-state index is 12.7. The predicted octanol–water partition coefficient (Wildman–Crippen LogP) is 3.24. The van der Waals surface area contributed by atoms with E-state index in [-0.39, 0.29) is 27.9 Å². The van der Waals surface area contributed by atoms with Crippen molar-refractivity contribution in [2.24, 2.45) is 0 Å². The van der Waals surface area contributed by atoms with E-state index < -0.39 is 16.1 Å². The smallest absolute Gasteiger partial charge is 0.339 e. The summed E-state index contributed by atoms with van der Waals surface area (Å²) in [4.78, 5) is 23.7. The van der Waals surface area contributed by atoms with Gasteiger partial charge in [0.1, 0.15) is 4.90 Å². The molecule has 0 spiro atoms. The number of hydrogen-bond donors (Lipinski definition) is 0. The van der Waals surface area contributed by atoms with Gasteiger partial charge in [0.05, 0.1) is 18.2 Å². The normalized spacial score (nSPS) is 16.3. The molecule has 1 aliphatic rings. The number of methoxy groups -OCH3 is 1. The zero-order valence-electron chi connectivity index (χ0n) is 14.6. The molecule has 0 saturated carbocycles. The van der Waals surface area contributed by atoms with Crippen LogP contribution in [0, 0.1) is 6.92 Å². The van der Waals surface area contributed by atoms with Crippen LogP contribution in [0.3, 0.4) is 0 Å². The highest BCUT2D eigenvalue weighted by Crippen LogP contribution is 2.40. The van der Waals surface area contributed by atoms with Crippen molar-refractivity contribution in [2.75, 3.05) is 7.11 Å². The number of fused-ring (bicyclic) bond motifs is 1. The summed E-state index contributed by atoms with van der Waals surface area (Å²) in [5, 5.41) is 0. The first-order chi connectivity index (χ1) is 12.2. The molecule has 0 unspecified atom stereocenters. The molecule has 2 aromatic rings. The van der Waals surface area contributed by atoms with Gasteiger partial charge in [0.15, 0.2) is 11.5 Å². The number of carbonyl (C=O) groups excluding carboxylic acids is 2. The van der Waals surface area contributed by atoms with Gasteiger partial charge in [-0.3, -0.25) is 4.79 Å². The minimum atomic E-state index is -4.21. The summed E-state index contributed by atoms with van der Waals surface area (Å²) in [5.41, 5.74) is 2.17. The molecule has 0 aromatic heterocycles. The zero-order chi connectivity index (χ0) is 19.1. The monoisotopic (exact) mass is 374 g/mol. The molecular weight excluding hydrogens is 356 g/mol. The maximum Gasteiger partial charge on any atom is 0.339 e. The molecule has 0 fully saturated rings. The van der Waals surface area contributed by atoms with Crippen LogP contribution >= 0.6 is 0 Å². The summed E-state index contributed by atoms with van der Waals surface area (Å²) in [6.45, 7) is 3.81. The van der Waals surface area contributed by atoms with Gasteiger partial charge < -0.3 is 8.92 Å². The Labute approximate surface area is 151 Å². The van der Waals surface area contributed by atoms with E-state index in [0.717, 1.165) is 11.1 Å². The van der Waals surface area contributed by atoms with Crippen LogP contribution in [-0.4, -0.2) is 27.3 Å². The Kier molecular flexibility index (Phi) is 4.58. The Bertz CT molecular complexity index is 1010. The number of Topliss-reactive ketones (excluding diaryl/α,β-unsaturated/α-hetero) is 1. The van der Waals surface area contributed by atoms with Crippen LogP contribution in [-0.2, 0) is 14.9 Å². The summed E-state index contributed by atoms with van der Waals surface area (Å²) in [6.07, 6.45) is 0.328. The van der Waals surface area contributed by atoms with E-state index in [0.29, 0.717) is 12.0 Å². The van der Waals surface area contributed by atoms with Crippen molar-refractivity contribution >= 4 is 21.9 Å². The number of ether oxygens (including phenoxy) is 1. The quantitative estimate of drug-likeness (QED) is 0.603. The summed E-state index contributed by atoms with van der Waals surface area (Å²) < 4.78 is 35.2. The van der Waals surface area contributed by atoms with Crippen LogP contribution < -0.4 is 4.18 Å². The molecule has 0 heterocycles. The molecule has 1 atom stereocenters. The van der Waals surface area contributed by atoms with Crippen molar-refractivity contribution in [1.82, 2.24) is 0 Å². The third-order valence-electron chi connectivity index (χ3n) is 4.43. The number of hydrogen-bond acceptors (Lipinski definition) is 6. The molecule has 6 nitrogen and oxygen atoms in total. The topological polar surface area (TPSA) is 86.7 Å². The lowest BCUT2D eigenvalue weighted by Gasteiger charge is -2.13. The lowest BCUT2D eigenvalue weighted by molar-refractivity contribution is 0.0600. The molecule has 2 aromatic carbocycles. The van der Waals surface area contributed by atoms with Gasteiger partial charge in [-0.25, -0.2) is 4.79 Å². The van der Waals surface area contributed by atoms with Gasteiger partial charge >= 0.3 is 16.1 Å². The van der Waals surface area contributed by atoms with Crippen molar-refractivity contribution in [3.63, 3.8) is 0 Å². The Balaban J connectivity index is 2.02. The SMILES string of the molecule is COC(=O)c1cccc(S(=O)(=O)Oc2ccc(C)c3c2C(=O)C[C@H]3C)c1. The van der Waals surface area contributed by atoms with Crippen LogP contribution in [0.15, 0.2) is 41.3 Å². The van der Waals surface area contributed by atoms with Crippen molar-refractivity contribution < 1.29 is 26.9 Å². The molecule has 136 valence electrons. The lowest BCUT2D eigenvalue weighted by Crippen LogP contribution is -2.13. The highest BCUT2D eigenvalue weighted by atomic mass is 32.2. The fourth-order valence-corrected chi connectivity index (χ4v) is 4.23. The lowest BCUT2D eigenvalue weighted by atomic mass is 9.98. The summed E-state index contributed by atoms with van der Waals surface area (Å²) in [7, 11) is -3.00. The van der Waals surface area contributed by atoms with Crippen LogP contribution in [0.4, 0.5) is 0 Å². The van der Waals surface area contributed by atoms with E-state index >= 15 is 0 Å². The van der Waals surface area contributed by atoms with Gasteiger partial charge in [-0.05, 0) is 48.2 Å². The number of rotatable bonds is 4. The number of aryl methyl sites for hydroxylation is 1. The third kappa shape index (κ3) is 3.10. The molecule has 26 heavy (non-hydrogen) atoms. The van der Waals surface area contributed by atoms with Crippen molar-refractivity contribution in [1.29, 1.82) is 0 Å². The Hall–Kier alpha value is -2.67. The zero-order valence-corrected chi connectivity index (χ0v) is 15.4. The molecule has 0 aliphatic heterocycles. The van der Waals surface area contributed by atoms with Gasteiger partial charge in [0.25, 0.3) is 0 Å². The van der Waals surface area contributed by atoms with Gasteiger partial charge in [-0.2, -0.15) is 8.42 Å². The number of carbonyl (C=O) groups is 2. The highest BCUT2D eigenvalue weighted by Gasteiger charge is 2.33. The van der Waals surface area contributed by atoms with Crippen molar-refractivity contribution in [2.45, 2.75) is 31.1 Å². The fourth-order valence-electron chi connectivity index (χ4n) is 3.24. The van der Waals surface area contributed by atoms with Gasteiger partial charge in [0.2, 0.25) is 0 Å². The molecule has 0 bridgehead atoms. The Morgan fingerprint density at radius 2 is 1.92 bits per heavy atom. The summed E-state index contributed by atoms with van der Waals surface area (Å²) in [5.74, 6) is -0.748. The number of benzene rings is 2. The number of esters is 1. The molecule has 7 heteroatoms. The molecular formula is C19H18O6S. The van der Waals surface area contributed by atoms with E-state index in [4.69, 9.17) is 4.18 Å². The standard InChI is InChI=1S/C19H18O6S/c1-11-7-8-16(18-15(20)9-12(2)17(11)18)25-26(22,23)14-6-4-5-13(10-14)19(21)24-3/h4-8,10,12H,9H2,1-3H3/t12-/m1/s1. The van der Waals surface area contributed by atoms with Gasteiger partial charge in [0, 0.05) is 6.42 Å². The summed E-state index contributed by atoms with van der Waals surface area (Å²) >= 11 is 0. The average Bonchev–Trinajstić information content (AvgIpc) is 2.92. The van der Waals surface area contributed by atoms with E-state index in [1.54, 1.807) is 6.07 Å². The van der Waals surface area contributed by atoms with Crippen LogP contribution in [0.25, 0.3) is 0 Å². The average molecular weight is 374 g/mol. The molecule has 1 aliphatic carbocycles. The largest absolute Gasteiger partial charge is 0.465 e. The summed E-state index contributed by atoms with van der Waals surface area (Å²) in [6, 6.07) is 8.60. The Morgan fingerprint density at radius 1 is 1.19 bits per heavy atom. The first-order valence-corrected chi connectivity index (χ1v) is 9.45. The van der Waals surface area contributed by atoms with Gasteiger partial charge in [-0.1, -0.05) is 19.1 Å². The second-order valence-electron chi connectivity index (χ2n) is 6.25. The second kappa shape index (κ2) is 6.57. The molecule has 0 saturated heterocycles. The molecule has 0 amide bonds. The van der Waals surface area contributed by atoms with Gasteiger partial charge in [-0.15, -0.1) is 0 Å². The predicted molar refractivity (Wildman–Crippen MR) is 94.1 cm³/mol. The van der Waals surface area contributed by atoms with Crippen LogP contribution in [0.5, 0.6) is 5.75 Å². The van der Waals surface area contributed by atoms with E-state index in [9.17, 15) is 18.0 Å². The van der Waals surface area contributed by atoms with Crippen molar-refractivity contribution in [3.8, 4) is 5.75 Å². The second-order valence-corrected chi connectivity index (χ2v) is 7.80. The van der Waals surface area contributed by atoms with Crippen LogP contribution in [0.2, 0.25) is 0 Å². The van der Waals surface area contributed by atoms with E-state index in [2.05, 4.69) is 4.74 Å². The fraction of sp³-hybridized carbons (Fsp3) is 0.263. The minimum absolute atomic E-state index is 0.0171. The first-order valence-electron chi connectivity index (χ1n) is 8.04. The number of ketones is 1. The Morgan fingerprint density at radius 3 is 2.62 bits per heavy atom. The maximum atomic E-state index is 12.7. The highest BCUT2D eigenvalue weighted by molar-refractivity contribution is 7.87. The van der Waals surface area contributed by atoms with E-state index in [1.807, 2.05) is 13.8 Å². The van der Waals surface area contributed by atoms with E-state index in [1.165, 1.54) is 37.4 Å². The molecule has 0 N–H and O–H groups in total. The first kappa shape index (κ1) is 18.1.